The molecule has 0 saturated carbocycles. The zero-order chi connectivity index (χ0) is 18.1. The molecule has 2 aromatic rings. The summed E-state index contributed by atoms with van der Waals surface area (Å²) in [5, 5.41) is 0. The van der Waals surface area contributed by atoms with Gasteiger partial charge in [0, 0.05) is 16.3 Å². The van der Waals surface area contributed by atoms with Gasteiger partial charge >= 0.3 is 0 Å². The molecule has 1 saturated heterocycles. The number of hydrogen-bond donors (Lipinski definition) is 0. The summed E-state index contributed by atoms with van der Waals surface area (Å²) in [7, 11) is -3.47. The molecule has 2 aliphatic rings. The molecule has 0 amide bonds. The molecular weight excluding hydrogens is 362 g/mol. The molecule has 1 aromatic heterocycles. The van der Waals surface area contributed by atoms with Crippen molar-refractivity contribution in [3.8, 4) is 0 Å². The number of fused-ring (bicyclic) bond motifs is 1. The predicted octanol–water partition coefficient (Wildman–Crippen LogP) is 5.24. The van der Waals surface area contributed by atoms with Gasteiger partial charge in [-0.1, -0.05) is 18.9 Å². The Morgan fingerprint density at radius 3 is 2.54 bits per heavy atom. The number of hydrogen-bond acceptors (Lipinski definition) is 3. The van der Waals surface area contributed by atoms with Gasteiger partial charge in [0.15, 0.2) is 0 Å². The highest BCUT2D eigenvalue weighted by atomic mass is 32.2. The van der Waals surface area contributed by atoms with E-state index in [0.717, 1.165) is 44.9 Å². The van der Waals surface area contributed by atoms with Gasteiger partial charge in [-0.05, 0) is 80.8 Å². The first kappa shape index (κ1) is 18.2. The van der Waals surface area contributed by atoms with Gasteiger partial charge in [-0.2, -0.15) is 4.31 Å². The average molecular weight is 390 g/mol. The van der Waals surface area contributed by atoms with Crippen LogP contribution in [-0.2, 0) is 22.9 Å². The van der Waals surface area contributed by atoms with Crippen molar-refractivity contribution in [2.75, 3.05) is 6.54 Å². The van der Waals surface area contributed by atoms with Crippen LogP contribution in [-0.4, -0.2) is 19.3 Å². The summed E-state index contributed by atoms with van der Waals surface area (Å²) in [6, 6.07) is 10.0. The maximum absolute atomic E-state index is 13.5. The Morgan fingerprint density at radius 2 is 1.77 bits per heavy atom. The summed E-state index contributed by atoms with van der Waals surface area (Å²) in [5.74, 6) is 0. The molecule has 1 fully saturated rings. The normalized spacial score (nSPS) is 22.0. The molecule has 26 heavy (non-hydrogen) atoms. The molecule has 3 nitrogen and oxygen atoms in total. The molecule has 0 spiro atoms. The van der Waals surface area contributed by atoms with Crippen molar-refractivity contribution in [1.29, 1.82) is 0 Å². The minimum Gasteiger partial charge on any atom is -0.207 e. The maximum Gasteiger partial charge on any atom is 0.243 e. The number of aryl methyl sites for hydroxylation is 3. The fourth-order valence-electron chi connectivity index (χ4n) is 4.29. The molecule has 4 rings (SSSR count). The van der Waals surface area contributed by atoms with Crippen LogP contribution in [0.1, 0.15) is 65.4 Å². The van der Waals surface area contributed by atoms with E-state index in [0.29, 0.717) is 11.4 Å². The van der Waals surface area contributed by atoms with Gasteiger partial charge < -0.3 is 0 Å². The van der Waals surface area contributed by atoms with E-state index >= 15 is 0 Å². The fraction of sp³-hybridized carbons (Fsp3) is 0.524. The SMILES string of the molecule is Cc1ccc(C2CCCCCN2S(=O)(=O)c2ccc3c(c2)CCCC3)s1. The van der Waals surface area contributed by atoms with E-state index in [1.165, 1.54) is 27.3 Å². The van der Waals surface area contributed by atoms with Gasteiger partial charge in [0.2, 0.25) is 10.0 Å². The maximum atomic E-state index is 13.5. The van der Waals surface area contributed by atoms with Gasteiger partial charge in [0.05, 0.1) is 10.9 Å². The minimum atomic E-state index is -3.47. The van der Waals surface area contributed by atoms with Crippen LogP contribution >= 0.6 is 11.3 Å². The van der Waals surface area contributed by atoms with Crippen molar-refractivity contribution in [1.82, 2.24) is 4.31 Å². The van der Waals surface area contributed by atoms with E-state index in [2.05, 4.69) is 19.1 Å². The van der Waals surface area contributed by atoms with Crippen LogP contribution < -0.4 is 0 Å². The minimum absolute atomic E-state index is 0.0165. The van der Waals surface area contributed by atoms with Crippen molar-refractivity contribution in [3.05, 3.63) is 51.2 Å². The molecule has 1 aliphatic heterocycles. The van der Waals surface area contributed by atoms with Gasteiger partial charge in [-0.25, -0.2) is 8.42 Å². The van der Waals surface area contributed by atoms with Gasteiger partial charge in [-0.3, -0.25) is 0 Å². The van der Waals surface area contributed by atoms with Crippen LogP contribution in [0.2, 0.25) is 0 Å². The van der Waals surface area contributed by atoms with E-state index in [1.54, 1.807) is 15.6 Å². The van der Waals surface area contributed by atoms with E-state index in [4.69, 9.17) is 0 Å². The third-order valence-corrected chi connectivity index (χ3v) is 8.73. The van der Waals surface area contributed by atoms with Crippen LogP contribution in [0.5, 0.6) is 0 Å². The summed E-state index contributed by atoms with van der Waals surface area (Å²) in [4.78, 5) is 2.92. The molecule has 5 heteroatoms. The lowest BCUT2D eigenvalue weighted by atomic mass is 9.92. The number of benzene rings is 1. The van der Waals surface area contributed by atoms with E-state index < -0.39 is 10.0 Å². The van der Waals surface area contributed by atoms with Crippen molar-refractivity contribution in [2.24, 2.45) is 0 Å². The van der Waals surface area contributed by atoms with Crippen LogP contribution in [0.4, 0.5) is 0 Å². The molecule has 1 aliphatic carbocycles. The van der Waals surface area contributed by atoms with Crippen molar-refractivity contribution < 1.29 is 8.42 Å². The molecule has 2 heterocycles. The molecule has 0 N–H and O–H groups in total. The smallest absolute Gasteiger partial charge is 0.207 e. The predicted molar refractivity (Wildman–Crippen MR) is 107 cm³/mol. The molecular formula is C21H27NO2S2. The molecule has 1 aromatic carbocycles. The Hall–Kier alpha value is -1.17. The third kappa shape index (κ3) is 3.49. The lowest BCUT2D eigenvalue weighted by molar-refractivity contribution is 0.333. The topological polar surface area (TPSA) is 37.4 Å². The first-order chi connectivity index (χ1) is 12.6. The van der Waals surface area contributed by atoms with Crippen LogP contribution in [0.3, 0.4) is 0 Å². The highest BCUT2D eigenvalue weighted by Crippen LogP contribution is 2.38. The zero-order valence-corrected chi connectivity index (χ0v) is 17.0. The summed E-state index contributed by atoms with van der Waals surface area (Å²) in [5.41, 5.74) is 2.56. The van der Waals surface area contributed by atoms with Crippen molar-refractivity contribution in [2.45, 2.75) is 69.2 Å². The van der Waals surface area contributed by atoms with Gasteiger partial charge in [0.25, 0.3) is 0 Å². The Bertz CT molecular complexity index is 885. The monoisotopic (exact) mass is 389 g/mol. The quantitative estimate of drug-likeness (QED) is 0.720. The number of rotatable bonds is 3. The standard InChI is InChI=1S/C21H27NO2S2/c1-16-10-13-21(25-16)20-9-3-2-6-14-22(20)26(23,24)19-12-11-17-7-4-5-8-18(17)15-19/h10-13,15,20H,2-9,14H2,1H3. The Kier molecular flexibility index (Phi) is 5.22. The first-order valence-corrected chi connectivity index (χ1v) is 12.0. The summed E-state index contributed by atoms with van der Waals surface area (Å²) < 4.78 is 28.9. The van der Waals surface area contributed by atoms with Crippen molar-refractivity contribution in [3.63, 3.8) is 0 Å². The summed E-state index contributed by atoms with van der Waals surface area (Å²) in [6.45, 7) is 2.72. The lowest BCUT2D eigenvalue weighted by Crippen LogP contribution is -2.34. The number of thiophene rings is 1. The highest BCUT2D eigenvalue weighted by Gasteiger charge is 2.34. The number of sulfonamides is 1. The van der Waals surface area contributed by atoms with Crippen LogP contribution in [0, 0.1) is 6.92 Å². The number of nitrogens with zero attached hydrogens (tertiary/aromatic N) is 1. The second-order valence-electron chi connectivity index (χ2n) is 7.57. The average Bonchev–Trinajstić information content (AvgIpc) is 2.92. The lowest BCUT2D eigenvalue weighted by Gasteiger charge is -2.29. The second kappa shape index (κ2) is 7.45. The van der Waals surface area contributed by atoms with Gasteiger partial charge in [0.1, 0.15) is 0 Å². The third-order valence-electron chi connectivity index (χ3n) is 5.72. The second-order valence-corrected chi connectivity index (χ2v) is 10.8. The van der Waals surface area contributed by atoms with E-state index in [-0.39, 0.29) is 6.04 Å². The molecule has 1 unspecified atom stereocenters. The fourth-order valence-corrected chi connectivity index (χ4v) is 7.11. The molecule has 0 bridgehead atoms. The Balaban J connectivity index is 1.72. The molecule has 0 radical (unpaired) electrons. The molecule has 1 atom stereocenters. The summed E-state index contributed by atoms with van der Waals surface area (Å²) in [6.07, 6.45) is 8.54. The summed E-state index contributed by atoms with van der Waals surface area (Å²) >= 11 is 1.74. The van der Waals surface area contributed by atoms with Gasteiger partial charge in [-0.15, -0.1) is 11.3 Å². The Morgan fingerprint density at radius 1 is 0.962 bits per heavy atom. The highest BCUT2D eigenvalue weighted by molar-refractivity contribution is 7.89. The Labute approximate surface area is 161 Å². The first-order valence-electron chi connectivity index (χ1n) is 9.76. The van der Waals surface area contributed by atoms with E-state index in [9.17, 15) is 8.42 Å². The molecule has 140 valence electrons. The van der Waals surface area contributed by atoms with Crippen molar-refractivity contribution >= 4 is 21.4 Å². The van der Waals surface area contributed by atoms with E-state index in [1.807, 2.05) is 18.2 Å². The van der Waals surface area contributed by atoms with Crippen LogP contribution in [0.25, 0.3) is 0 Å². The largest absolute Gasteiger partial charge is 0.243 e. The van der Waals surface area contributed by atoms with Crippen LogP contribution in [0.15, 0.2) is 35.2 Å². The zero-order valence-electron chi connectivity index (χ0n) is 15.4.